The van der Waals surface area contributed by atoms with E-state index < -0.39 is 4.92 Å². The fourth-order valence-electron chi connectivity index (χ4n) is 2.28. The molecule has 10 nitrogen and oxygen atoms in total. The SMILES string of the molecule is Cc1ccc(Cn2cnc(NC(=O)CCn3cc([N+](=O)[O-])cn3)n2)cc1. The first kappa shape index (κ1) is 17.3. The Hall–Kier alpha value is -3.56. The molecule has 3 aromatic rings. The van der Waals surface area contributed by atoms with Crippen molar-refractivity contribution in [2.24, 2.45) is 0 Å². The zero-order valence-corrected chi connectivity index (χ0v) is 14.1. The van der Waals surface area contributed by atoms with Crippen molar-refractivity contribution in [3.8, 4) is 0 Å². The number of hydrogen-bond donors (Lipinski definition) is 1. The van der Waals surface area contributed by atoms with Gasteiger partial charge in [-0.1, -0.05) is 29.8 Å². The summed E-state index contributed by atoms with van der Waals surface area (Å²) in [5.41, 5.74) is 2.16. The van der Waals surface area contributed by atoms with E-state index in [0.717, 1.165) is 11.8 Å². The van der Waals surface area contributed by atoms with Crippen LogP contribution in [0.4, 0.5) is 11.6 Å². The Morgan fingerprint density at radius 3 is 2.73 bits per heavy atom. The molecule has 2 aromatic heterocycles. The highest BCUT2D eigenvalue weighted by Crippen LogP contribution is 2.09. The number of nitrogens with zero attached hydrogens (tertiary/aromatic N) is 6. The van der Waals surface area contributed by atoms with Crippen LogP contribution in [0.1, 0.15) is 17.5 Å². The Morgan fingerprint density at radius 2 is 2.04 bits per heavy atom. The summed E-state index contributed by atoms with van der Waals surface area (Å²) >= 11 is 0. The van der Waals surface area contributed by atoms with Crippen LogP contribution in [0.25, 0.3) is 0 Å². The van der Waals surface area contributed by atoms with Crippen LogP contribution < -0.4 is 5.32 Å². The molecule has 0 aliphatic heterocycles. The van der Waals surface area contributed by atoms with Gasteiger partial charge in [0.05, 0.1) is 11.5 Å². The fourth-order valence-corrected chi connectivity index (χ4v) is 2.28. The monoisotopic (exact) mass is 355 g/mol. The maximum atomic E-state index is 12.0. The summed E-state index contributed by atoms with van der Waals surface area (Å²) in [4.78, 5) is 26.1. The molecule has 0 spiro atoms. The highest BCUT2D eigenvalue weighted by molar-refractivity contribution is 5.88. The molecule has 0 unspecified atom stereocenters. The lowest BCUT2D eigenvalue weighted by Gasteiger charge is -2.02. The summed E-state index contributed by atoms with van der Waals surface area (Å²) in [5, 5.41) is 21.2. The van der Waals surface area contributed by atoms with E-state index in [1.54, 1.807) is 11.0 Å². The number of anilines is 1. The quantitative estimate of drug-likeness (QED) is 0.509. The standard InChI is InChI=1S/C16H17N7O3/c1-12-2-4-13(5-3-12)9-22-11-17-16(20-22)19-15(24)6-7-21-10-14(8-18-21)23(25)26/h2-5,8,10-11H,6-7,9H2,1H3,(H,19,20,24). The first-order valence-corrected chi connectivity index (χ1v) is 7.91. The molecule has 2 heterocycles. The Bertz CT molecular complexity index is 914. The van der Waals surface area contributed by atoms with Crippen LogP contribution in [0.15, 0.2) is 43.0 Å². The van der Waals surface area contributed by atoms with Crippen molar-refractivity contribution >= 4 is 17.5 Å². The van der Waals surface area contributed by atoms with Gasteiger partial charge in [-0.2, -0.15) is 5.10 Å². The van der Waals surface area contributed by atoms with Gasteiger partial charge in [-0.3, -0.25) is 24.9 Å². The van der Waals surface area contributed by atoms with E-state index in [9.17, 15) is 14.9 Å². The normalized spacial score (nSPS) is 10.7. The van der Waals surface area contributed by atoms with Crippen molar-refractivity contribution in [1.82, 2.24) is 24.5 Å². The number of nitrogens with one attached hydrogen (secondary N) is 1. The average molecular weight is 355 g/mol. The van der Waals surface area contributed by atoms with Crippen LogP contribution in [0, 0.1) is 17.0 Å². The van der Waals surface area contributed by atoms with Gasteiger partial charge < -0.3 is 0 Å². The zero-order chi connectivity index (χ0) is 18.5. The summed E-state index contributed by atoms with van der Waals surface area (Å²) < 4.78 is 2.98. The van der Waals surface area contributed by atoms with Crippen LogP contribution in [0.3, 0.4) is 0 Å². The Kier molecular flexibility index (Phi) is 5.02. The van der Waals surface area contributed by atoms with E-state index >= 15 is 0 Å². The zero-order valence-electron chi connectivity index (χ0n) is 14.1. The molecule has 3 rings (SSSR count). The van der Waals surface area contributed by atoms with Gasteiger partial charge in [0, 0.05) is 13.0 Å². The van der Waals surface area contributed by atoms with Gasteiger partial charge in [0.25, 0.3) is 0 Å². The van der Waals surface area contributed by atoms with Crippen molar-refractivity contribution in [2.75, 3.05) is 5.32 Å². The van der Waals surface area contributed by atoms with E-state index in [1.165, 1.54) is 16.4 Å². The Balaban J connectivity index is 1.50. The van der Waals surface area contributed by atoms with Crippen LogP contribution in [-0.2, 0) is 17.9 Å². The third kappa shape index (κ3) is 4.50. The Labute approximate surface area is 148 Å². The second-order valence-corrected chi connectivity index (χ2v) is 5.77. The number of hydrogen-bond acceptors (Lipinski definition) is 6. The number of amides is 1. The largest absolute Gasteiger partial charge is 0.306 e. The van der Waals surface area contributed by atoms with Gasteiger partial charge in [0.2, 0.25) is 11.9 Å². The summed E-state index contributed by atoms with van der Waals surface area (Å²) in [6.07, 6.45) is 4.08. The topological polar surface area (TPSA) is 121 Å². The lowest BCUT2D eigenvalue weighted by atomic mass is 10.1. The molecule has 134 valence electrons. The first-order chi connectivity index (χ1) is 12.5. The summed E-state index contributed by atoms with van der Waals surface area (Å²) in [6, 6.07) is 8.07. The highest BCUT2D eigenvalue weighted by atomic mass is 16.6. The number of carbonyl (C=O) groups excluding carboxylic acids is 1. The maximum Gasteiger partial charge on any atom is 0.306 e. The fraction of sp³-hybridized carbons (Fsp3) is 0.250. The van der Waals surface area contributed by atoms with Gasteiger partial charge in [-0.25, -0.2) is 9.67 Å². The van der Waals surface area contributed by atoms with Crippen LogP contribution >= 0.6 is 0 Å². The molecule has 0 fully saturated rings. The molecule has 1 amide bonds. The number of aromatic nitrogens is 5. The van der Waals surface area contributed by atoms with Crippen LogP contribution in [0.2, 0.25) is 0 Å². The third-order valence-electron chi connectivity index (χ3n) is 3.65. The Morgan fingerprint density at radius 1 is 1.27 bits per heavy atom. The molecule has 1 aromatic carbocycles. The molecule has 0 aliphatic rings. The molecule has 1 N–H and O–H groups in total. The van der Waals surface area contributed by atoms with Gasteiger partial charge in [0.1, 0.15) is 18.7 Å². The smallest absolute Gasteiger partial charge is 0.293 e. The lowest BCUT2D eigenvalue weighted by molar-refractivity contribution is -0.385. The second-order valence-electron chi connectivity index (χ2n) is 5.77. The number of nitro groups is 1. The molecule has 0 radical (unpaired) electrons. The van der Waals surface area contributed by atoms with Gasteiger partial charge in [0.15, 0.2) is 0 Å². The molecule has 10 heteroatoms. The van der Waals surface area contributed by atoms with Crippen molar-refractivity contribution in [3.63, 3.8) is 0 Å². The summed E-state index contributed by atoms with van der Waals surface area (Å²) in [5.74, 6) is -0.0789. The minimum Gasteiger partial charge on any atom is -0.293 e. The second kappa shape index (κ2) is 7.55. The summed E-state index contributed by atoms with van der Waals surface area (Å²) in [6.45, 7) is 2.80. The molecule has 0 atom stereocenters. The van der Waals surface area contributed by atoms with Crippen LogP contribution in [0.5, 0.6) is 0 Å². The molecule has 0 bridgehead atoms. The average Bonchev–Trinajstić information content (AvgIpc) is 3.25. The van der Waals surface area contributed by atoms with E-state index in [0.29, 0.717) is 6.54 Å². The van der Waals surface area contributed by atoms with E-state index in [2.05, 4.69) is 20.5 Å². The number of rotatable bonds is 7. The van der Waals surface area contributed by atoms with E-state index in [1.807, 2.05) is 31.2 Å². The molecule has 26 heavy (non-hydrogen) atoms. The number of aryl methyl sites for hydroxylation is 2. The van der Waals surface area contributed by atoms with Gasteiger partial charge in [-0.05, 0) is 12.5 Å². The van der Waals surface area contributed by atoms with Crippen molar-refractivity contribution in [1.29, 1.82) is 0 Å². The molecular formula is C16H17N7O3. The minimum atomic E-state index is -0.534. The molecule has 0 saturated heterocycles. The number of carbonyl (C=O) groups is 1. The van der Waals surface area contributed by atoms with Gasteiger partial charge in [-0.15, -0.1) is 5.10 Å². The predicted octanol–water partition coefficient (Wildman–Crippen LogP) is 1.77. The predicted molar refractivity (Wildman–Crippen MR) is 92.4 cm³/mol. The highest BCUT2D eigenvalue weighted by Gasteiger charge is 2.11. The summed E-state index contributed by atoms with van der Waals surface area (Å²) in [7, 11) is 0. The first-order valence-electron chi connectivity index (χ1n) is 7.91. The van der Waals surface area contributed by atoms with Crippen molar-refractivity contribution < 1.29 is 9.72 Å². The van der Waals surface area contributed by atoms with Gasteiger partial charge >= 0.3 is 5.69 Å². The third-order valence-corrected chi connectivity index (χ3v) is 3.65. The van der Waals surface area contributed by atoms with Crippen molar-refractivity contribution in [2.45, 2.75) is 26.4 Å². The minimum absolute atomic E-state index is 0.103. The van der Waals surface area contributed by atoms with E-state index in [4.69, 9.17) is 0 Å². The van der Waals surface area contributed by atoms with Crippen LogP contribution in [-0.4, -0.2) is 35.4 Å². The molecular weight excluding hydrogens is 338 g/mol. The maximum absolute atomic E-state index is 12.0. The van der Waals surface area contributed by atoms with Crippen molar-refractivity contribution in [3.05, 3.63) is 64.2 Å². The molecule has 0 saturated carbocycles. The van der Waals surface area contributed by atoms with E-state index in [-0.39, 0.29) is 30.5 Å². The number of benzene rings is 1. The lowest BCUT2D eigenvalue weighted by Crippen LogP contribution is -2.16. The molecule has 0 aliphatic carbocycles.